The Bertz CT molecular complexity index is 415. The van der Waals surface area contributed by atoms with Crippen LogP contribution in [0.4, 0.5) is 5.82 Å². The number of aromatic nitrogens is 2. The number of rotatable bonds is 3. The molecule has 1 atom stereocenters. The molecule has 1 aliphatic heterocycles. The first-order valence-corrected chi connectivity index (χ1v) is 5.58. The van der Waals surface area contributed by atoms with Gasteiger partial charge in [-0.25, -0.2) is 0 Å². The summed E-state index contributed by atoms with van der Waals surface area (Å²) < 4.78 is 5.61. The number of hydrogen-bond donors (Lipinski definition) is 1. The van der Waals surface area contributed by atoms with Gasteiger partial charge in [-0.05, 0) is 13.1 Å². The van der Waals surface area contributed by atoms with Crippen LogP contribution >= 0.6 is 0 Å². The predicted molar refractivity (Wildman–Crippen MR) is 62.6 cm³/mol. The monoisotopic (exact) mass is 233 g/mol. The maximum atomic E-state index is 9.03. The quantitative estimate of drug-likeness (QED) is 0.777. The average Bonchev–Trinajstić information content (AvgIpc) is 2.39. The Morgan fingerprint density at radius 3 is 3.35 bits per heavy atom. The molecule has 1 saturated heterocycles. The summed E-state index contributed by atoms with van der Waals surface area (Å²) >= 11 is 0. The van der Waals surface area contributed by atoms with Gasteiger partial charge in [-0.3, -0.25) is 0 Å². The lowest BCUT2D eigenvalue weighted by atomic mass is 10.2. The van der Waals surface area contributed by atoms with E-state index in [0.29, 0.717) is 18.0 Å². The van der Waals surface area contributed by atoms with Gasteiger partial charge in [0.2, 0.25) is 0 Å². The molecule has 0 saturated carbocycles. The lowest BCUT2D eigenvalue weighted by molar-refractivity contribution is 0.0418. The van der Waals surface area contributed by atoms with Crippen molar-refractivity contribution in [2.24, 2.45) is 0 Å². The van der Waals surface area contributed by atoms with Crippen LogP contribution in [0.15, 0.2) is 12.3 Å². The Kier molecular flexibility index (Phi) is 3.85. The van der Waals surface area contributed by atoms with E-state index in [1.807, 2.05) is 7.05 Å². The van der Waals surface area contributed by atoms with E-state index in [9.17, 15) is 0 Å². The van der Waals surface area contributed by atoms with Crippen LogP contribution in [0, 0.1) is 11.3 Å². The number of nitriles is 1. The average molecular weight is 233 g/mol. The molecule has 1 aromatic rings. The molecule has 2 heterocycles. The number of hydrogen-bond acceptors (Lipinski definition) is 6. The summed E-state index contributed by atoms with van der Waals surface area (Å²) in [5.41, 5.74) is 0.560. The third kappa shape index (κ3) is 2.70. The number of anilines is 1. The Hall–Kier alpha value is -1.71. The molecule has 90 valence electrons. The Labute approximate surface area is 100 Å². The number of likely N-dealkylation sites (N-methyl/N-ethyl adjacent to an activating group) is 1. The van der Waals surface area contributed by atoms with Crippen molar-refractivity contribution in [1.82, 2.24) is 15.5 Å². The molecule has 17 heavy (non-hydrogen) atoms. The van der Waals surface area contributed by atoms with Crippen LogP contribution in [0.25, 0.3) is 0 Å². The highest BCUT2D eigenvalue weighted by Gasteiger charge is 2.22. The van der Waals surface area contributed by atoms with Crippen molar-refractivity contribution in [3.63, 3.8) is 0 Å². The predicted octanol–water partition coefficient (Wildman–Crippen LogP) is -0.227. The number of ether oxygens (including phenoxy) is 1. The molecule has 1 unspecified atom stereocenters. The van der Waals surface area contributed by atoms with Crippen LogP contribution in [0.5, 0.6) is 0 Å². The molecule has 1 aliphatic rings. The molecular formula is C11H15N5O. The highest BCUT2D eigenvalue weighted by atomic mass is 16.5. The minimum atomic E-state index is 0.127. The van der Waals surface area contributed by atoms with Gasteiger partial charge in [0.1, 0.15) is 6.07 Å². The molecule has 0 aliphatic carbocycles. The van der Waals surface area contributed by atoms with Crippen molar-refractivity contribution >= 4 is 5.82 Å². The van der Waals surface area contributed by atoms with Crippen LogP contribution in [0.3, 0.4) is 0 Å². The number of nitrogens with zero attached hydrogens (tertiary/aromatic N) is 4. The Morgan fingerprint density at radius 2 is 2.59 bits per heavy atom. The fourth-order valence-corrected chi connectivity index (χ4v) is 1.91. The molecule has 0 amide bonds. The summed E-state index contributed by atoms with van der Waals surface area (Å²) in [5, 5.41) is 20.0. The first-order valence-electron chi connectivity index (χ1n) is 5.58. The van der Waals surface area contributed by atoms with Crippen LogP contribution in [-0.4, -0.2) is 49.6 Å². The lowest BCUT2D eigenvalue weighted by Gasteiger charge is -2.33. The van der Waals surface area contributed by atoms with Gasteiger partial charge in [0.25, 0.3) is 0 Å². The lowest BCUT2D eigenvalue weighted by Crippen LogP contribution is -2.46. The zero-order valence-corrected chi connectivity index (χ0v) is 9.76. The van der Waals surface area contributed by atoms with E-state index in [1.165, 1.54) is 6.20 Å². The van der Waals surface area contributed by atoms with Gasteiger partial charge < -0.3 is 15.0 Å². The van der Waals surface area contributed by atoms with Crippen molar-refractivity contribution in [2.75, 3.05) is 38.2 Å². The third-order valence-electron chi connectivity index (χ3n) is 2.69. The van der Waals surface area contributed by atoms with Crippen LogP contribution in [0.2, 0.25) is 0 Å². The molecule has 2 rings (SSSR count). The second-order valence-electron chi connectivity index (χ2n) is 3.88. The van der Waals surface area contributed by atoms with Crippen molar-refractivity contribution < 1.29 is 4.74 Å². The Balaban J connectivity index is 2.14. The summed E-state index contributed by atoms with van der Waals surface area (Å²) in [4.78, 5) is 2.05. The third-order valence-corrected chi connectivity index (χ3v) is 2.69. The van der Waals surface area contributed by atoms with E-state index < -0.39 is 0 Å². The van der Waals surface area contributed by atoms with Crippen molar-refractivity contribution in [2.45, 2.75) is 6.10 Å². The van der Waals surface area contributed by atoms with Crippen molar-refractivity contribution in [3.05, 3.63) is 17.8 Å². The molecular weight excluding hydrogens is 218 g/mol. The molecule has 1 fully saturated rings. The largest absolute Gasteiger partial charge is 0.373 e. The second-order valence-corrected chi connectivity index (χ2v) is 3.88. The van der Waals surface area contributed by atoms with Gasteiger partial charge >= 0.3 is 0 Å². The summed E-state index contributed by atoms with van der Waals surface area (Å²) in [7, 11) is 1.89. The van der Waals surface area contributed by atoms with Crippen LogP contribution in [-0.2, 0) is 4.74 Å². The summed E-state index contributed by atoms with van der Waals surface area (Å²) in [6.07, 6.45) is 1.66. The van der Waals surface area contributed by atoms with Crippen LogP contribution < -0.4 is 10.2 Å². The summed E-state index contributed by atoms with van der Waals surface area (Å²) in [6, 6.07) is 3.82. The van der Waals surface area contributed by atoms with Gasteiger partial charge in [0, 0.05) is 19.6 Å². The highest BCUT2D eigenvalue weighted by Crippen LogP contribution is 2.18. The minimum Gasteiger partial charge on any atom is -0.373 e. The number of morpholine rings is 1. The molecule has 1 N–H and O–H groups in total. The molecule has 0 aromatic carbocycles. The van der Waals surface area contributed by atoms with Crippen molar-refractivity contribution in [1.29, 1.82) is 5.26 Å². The summed E-state index contributed by atoms with van der Waals surface area (Å²) in [5.74, 6) is 0.652. The van der Waals surface area contributed by atoms with E-state index in [-0.39, 0.29) is 6.10 Å². The van der Waals surface area contributed by atoms with Crippen molar-refractivity contribution in [3.8, 4) is 6.07 Å². The normalized spacial score (nSPS) is 20.0. The number of nitrogens with one attached hydrogen (secondary N) is 1. The van der Waals surface area contributed by atoms with Crippen LogP contribution in [0.1, 0.15) is 5.56 Å². The molecule has 0 spiro atoms. The molecule has 6 heteroatoms. The zero-order valence-electron chi connectivity index (χ0n) is 9.76. The van der Waals surface area contributed by atoms with Gasteiger partial charge in [0.05, 0.1) is 24.5 Å². The SMILES string of the molecule is CNCC1CN(c2nnccc2C#N)CCO1. The minimum absolute atomic E-state index is 0.127. The smallest absolute Gasteiger partial charge is 0.169 e. The van der Waals surface area contributed by atoms with Gasteiger partial charge in [-0.1, -0.05) is 0 Å². The Morgan fingerprint density at radius 1 is 1.71 bits per heavy atom. The fraction of sp³-hybridized carbons (Fsp3) is 0.545. The van der Waals surface area contributed by atoms with Gasteiger partial charge in [0.15, 0.2) is 5.82 Å². The van der Waals surface area contributed by atoms with Gasteiger partial charge in [-0.15, -0.1) is 5.10 Å². The topological polar surface area (TPSA) is 74.1 Å². The first kappa shape index (κ1) is 11.8. The van der Waals surface area contributed by atoms with Gasteiger partial charge in [-0.2, -0.15) is 10.4 Å². The maximum absolute atomic E-state index is 9.03. The zero-order chi connectivity index (χ0) is 12.1. The maximum Gasteiger partial charge on any atom is 0.169 e. The van der Waals surface area contributed by atoms with E-state index in [0.717, 1.165) is 19.6 Å². The fourth-order valence-electron chi connectivity index (χ4n) is 1.91. The van der Waals surface area contributed by atoms with E-state index in [2.05, 4.69) is 26.5 Å². The van der Waals surface area contributed by atoms with E-state index >= 15 is 0 Å². The molecule has 0 bridgehead atoms. The second kappa shape index (κ2) is 5.57. The standard InChI is InChI=1S/C11H15N5O/c1-13-7-10-8-16(4-5-17-10)11-9(6-12)2-3-14-15-11/h2-3,10,13H,4-5,7-8H2,1H3. The molecule has 1 aromatic heterocycles. The highest BCUT2D eigenvalue weighted by molar-refractivity contribution is 5.52. The molecule has 0 radical (unpaired) electrons. The van der Waals surface area contributed by atoms with E-state index in [4.69, 9.17) is 10.00 Å². The summed E-state index contributed by atoms with van der Waals surface area (Å²) in [6.45, 7) is 2.91. The first-order chi connectivity index (χ1) is 8.35. The van der Waals surface area contributed by atoms with E-state index in [1.54, 1.807) is 6.07 Å². The molecule has 6 nitrogen and oxygen atoms in total.